The molecule has 2 aromatic rings. The Morgan fingerprint density at radius 2 is 1.61 bits per heavy atom. The van der Waals surface area contributed by atoms with Crippen LogP contribution in [-0.4, -0.2) is 26.7 Å². The number of benzene rings is 2. The van der Waals surface area contributed by atoms with E-state index >= 15 is 0 Å². The van der Waals surface area contributed by atoms with Gasteiger partial charge in [-0.25, -0.2) is 9.98 Å². The Hall–Kier alpha value is -3.28. The lowest BCUT2D eigenvalue weighted by Gasteiger charge is -2.03. The van der Waals surface area contributed by atoms with Crippen molar-refractivity contribution in [3.8, 4) is 5.75 Å². The van der Waals surface area contributed by atoms with Gasteiger partial charge in [0.25, 0.3) is 0 Å². The van der Waals surface area contributed by atoms with E-state index in [-0.39, 0.29) is 0 Å². The first-order valence-corrected chi connectivity index (χ1v) is 10.9. The summed E-state index contributed by atoms with van der Waals surface area (Å²) in [6.07, 6.45) is 8.76. The molecule has 0 atom stereocenters. The predicted molar refractivity (Wildman–Crippen MR) is 146 cm³/mol. The third kappa shape index (κ3) is 15.2. The maximum atomic E-state index is 4.76. The van der Waals surface area contributed by atoms with Gasteiger partial charge in [0.05, 0.1) is 12.8 Å². The summed E-state index contributed by atoms with van der Waals surface area (Å²) in [5, 5.41) is 0. The van der Waals surface area contributed by atoms with Gasteiger partial charge in [-0.05, 0) is 58.3 Å². The largest absolute Gasteiger partial charge is 0.338 e. The molecule has 0 spiro atoms. The number of nitrogens with zero attached hydrogens (tertiary/aromatic N) is 2. The lowest BCUT2D eigenvalue weighted by Crippen LogP contribution is -1.96. The van der Waals surface area contributed by atoms with Crippen LogP contribution in [0, 0.1) is 13.8 Å². The Balaban J connectivity index is 0. The standard InChI is InChI=1S/C16H18N2.C8H10O2.C3H8.CH5N/c1-5-7-11-14(6-2)16(17-4)18-15-12-9-8-10-13(15)3;1-7-3-5-8(6-4-7)10-9-2;1-3-2;1-2/h5-12H,2,4H2,1,3H3;3-6H,1-2H3;3H2,1-2H3;2H2,1H3/b7-5-,14-11+,18-16?;;;. The number of para-hydroxylation sites is 1. The van der Waals surface area contributed by atoms with Crippen molar-refractivity contribution in [2.24, 2.45) is 15.7 Å². The average Bonchev–Trinajstić information content (AvgIpc) is 2.84. The lowest BCUT2D eigenvalue weighted by molar-refractivity contribution is -0.178. The zero-order chi connectivity index (χ0) is 25.5. The predicted octanol–water partition coefficient (Wildman–Crippen LogP) is 7.34. The van der Waals surface area contributed by atoms with Crippen molar-refractivity contribution in [2.45, 2.75) is 41.0 Å². The molecule has 0 fully saturated rings. The van der Waals surface area contributed by atoms with E-state index in [1.54, 1.807) is 6.08 Å². The molecule has 0 aliphatic carbocycles. The van der Waals surface area contributed by atoms with Crippen LogP contribution in [0.4, 0.5) is 5.69 Å². The van der Waals surface area contributed by atoms with Crippen molar-refractivity contribution >= 4 is 18.2 Å². The molecule has 0 aliphatic rings. The fourth-order valence-electron chi connectivity index (χ4n) is 2.12. The molecular weight excluding hydrogens is 410 g/mol. The minimum atomic E-state index is 0.581. The summed E-state index contributed by atoms with van der Waals surface area (Å²) in [6, 6.07) is 15.6. The Bertz CT molecular complexity index is 867. The topological polar surface area (TPSA) is 69.2 Å². The quantitative estimate of drug-likeness (QED) is 0.164. The van der Waals surface area contributed by atoms with Gasteiger partial charge in [-0.1, -0.05) is 87.0 Å². The molecule has 2 aromatic carbocycles. The van der Waals surface area contributed by atoms with Gasteiger partial charge in [-0.3, -0.25) is 0 Å². The third-order valence-corrected chi connectivity index (χ3v) is 3.64. The van der Waals surface area contributed by atoms with Crippen LogP contribution in [0.3, 0.4) is 0 Å². The summed E-state index contributed by atoms with van der Waals surface area (Å²) in [5.74, 6) is 1.31. The molecule has 0 aromatic heterocycles. The molecule has 2 N–H and O–H groups in total. The molecule has 0 aliphatic heterocycles. The zero-order valence-corrected chi connectivity index (χ0v) is 21.3. The molecule has 180 valence electrons. The molecule has 0 amide bonds. The highest BCUT2D eigenvalue weighted by Gasteiger charge is 2.02. The third-order valence-electron chi connectivity index (χ3n) is 3.64. The van der Waals surface area contributed by atoms with E-state index in [1.807, 2.05) is 87.5 Å². The molecule has 5 heteroatoms. The van der Waals surface area contributed by atoms with Gasteiger partial charge >= 0.3 is 0 Å². The van der Waals surface area contributed by atoms with Gasteiger partial charge in [0.15, 0.2) is 11.6 Å². The van der Waals surface area contributed by atoms with Gasteiger partial charge in [0, 0.05) is 5.57 Å². The van der Waals surface area contributed by atoms with Crippen LogP contribution in [-0.2, 0) is 4.89 Å². The Morgan fingerprint density at radius 3 is 2.06 bits per heavy atom. The minimum Gasteiger partial charge on any atom is -0.338 e. The highest BCUT2D eigenvalue weighted by molar-refractivity contribution is 6.04. The van der Waals surface area contributed by atoms with E-state index in [1.165, 1.54) is 26.1 Å². The van der Waals surface area contributed by atoms with Gasteiger partial charge in [0.2, 0.25) is 0 Å². The summed E-state index contributed by atoms with van der Waals surface area (Å²) in [5.41, 5.74) is 8.57. The van der Waals surface area contributed by atoms with Crippen LogP contribution in [0.1, 0.15) is 38.3 Å². The smallest absolute Gasteiger partial charge is 0.165 e. The first-order chi connectivity index (χ1) is 16.0. The van der Waals surface area contributed by atoms with E-state index in [2.05, 4.69) is 47.7 Å². The number of hydrogen-bond donors (Lipinski definition) is 1. The van der Waals surface area contributed by atoms with Gasteiger partial charge in [-0.2, -0.15) is 4.89 Å². The van der Waals surface area contributed by atoms with Crippen LogP contribution in [0.5, 0.6) is 5.75 Å². The molecule has 0 saturated carbocycles. The summed E-state index contributed by atoms with van der Waals surface area (Å²) in [4.78, 5) is 17.7. The van der Waals surface area contributed by atoms with E-state index in [4.69, 9.17) is 4.89 Å². The highest BCUT2D eigenvalue weighted by atomic mass is 17.2. The fourth-order valence-corrected chi connectivity index (χ4v) is 2.12. The molecular formula is C28H41N3O2. The minimum absolute atomic E-state index is 0.581. The van der Waals surface area contributed by atoms with Gasteiger partial charge < -0.3 is 10.6 Å². The second-order valence-corrected chi connectivity index (χ2v) is 6.50. The Kier molecular flexibility index (Phi) is 21.2. The van der Waals surface area contributed by atoms with Crippen LogP contribution in [0.2, 0.25) is 0 Å². The first-order valence-electron chi connectivity index (χ1n) is 10.9. The number of aryl methyl sites for hydroxylation is 2. The number of hydrogen-bond acceptors (Lipinski definition) is 4. The SMILES string of the molecule is C=C/C(=C\C=C/C)C(N=C)=Nc1ccccc1C.CCC.CN.COOc1ccc(C)cc1. The van der Waals surface area contributed by atoms with Crippen molar-refractivity contribution in [1.82, 2.24) is 0 Å². The summed E-state index contributed by atoms with van der Waals surface area (Å²) in [7, 11) is 2.99. The van der Waals surface area contributed by atoms with E-state index < -0.39 is 0 Å². The van der Waals surface area contributed by atoms with Crippen LogP contribution in [0.25, 0.3) is 0 Å². The number of amidine groups is 1. The fraction of sp³-hybridized carbons (Fsp3) is 0.286. The van der Waals surface area contributed by atoms with Crippen LogP contribution in [0.15, 0.2) is 95.0 Å². The monoisotopic (exact) mass is 451 g/mol. The molecule has 0 saturated heterocycles. The van der Waals surface area contributed by atoms with Crippen LogP contribution < -0.4 is 10.6 Å². The number of aliphatic imine (C=N–C) groups is 2. The van der Waals surface area contributed by atoms with Crippen molar-refractivity contribution in [1.29, 1.82) is 0 Å². The number of allylic oxidation sites excluding steroid dienone is 3. The van der Waals surface area contributed by atoms with Crippen LogP contribution >= 0.6 is 0 Å². The van der Waals surface area contributed by atoms with E-state index in [9.17, 15) is 0 Å². The summed E-state index contributed by atoms with van der Waals surface area (Å²) in [6.45, 7) is 17.6. The van der Waals surface area contributed by atoms with Crippen molar-refractivity contribution in [2.75, 3.05) is 14.2 Å². The first kappa shape index (κ1) is 31.9. The molecule has 2 rings (SSSR count). The number of rotatable bonds is 6. The van der Waals surface area contributed by atoms with Crippen molar-refractivity contribution in [3.05, 3.63) is 96.1 Å². The average molecular weight is 452 g/mol. The van der Waals surface area contributed by atoms with E-state index in [0.717, 1.165) is 22.6 Å². The maximum absolute atomic E-state index is 4.76. The summed E-state index contributed by atoms with van der Waals surface area (Å²) < 4.78 is 0. The second-order valence-electron chi connectivity index (χ2n) is 6.50. The van der Waals surface area contributed by atoms with Gasteiger partial charge in [-0.15, -0.1) is 0 Å². The molecule has 0 bridgehead atoms. The number of nitrogens with two attached hydrogens (primary N) is 1. The lowest BCUT2D eigenvalue weighted by atomic mass is 10.2. The van der Waals surface area contributed by atoms with Gasteiger partial charge in [0.1, 0.15) is 0 Å². The second kappa shape index (κ2) is 21.9. The Morgan fingerprint density at radius 1 is 1.03 bits per heavy atom. The van der Waals surface area contributed by atoms with Crippen molar-refractivity contribution in [3.63, 3.8) is 0 Å². The molecule has 33 heavy (non-hydrogen) atoms. The normalized spacial score (nSPS) is 10.5. The molecule has 5 nitrogen and oxygen atoms in total. The maximum Gasteiger partial charge on any atom is 0.165 e. The molecule has 0 heterocycles. The summed E-state index contributed by atoms with van der Waals surface area (Å²) >= 11 is 0. The zero-order valence-electron chi connectivity index (χ0n) is 21.3. The Labute approximate surface area is 201 Å². The molecule has 0 radical (unpaired) electrons. The molecule has 0 unspecified atom stereocenters. The van der Waals surface area contributed by atoms with Crippen molar-refractivity contribution < 1.29 is 9.78 Å². The van der Waals surface area contributed by atoms with E-state index in [0.29, 0.717) is 5.84 Å². The highest BCUT2D eigenvalue weighted by Crippen LogP contribution is 2.19.